The minimum Gasteiger partial charge on any atom is -0.206 e. The number of hydrogen-bond donors (Lipinski definition) is 0. The molecular formula is C11H15Cl2NO2S2. The molecule has 1 atom stereocenters. The average molecular weight is 328 g/mol. The number of hydrogen-bond acceptors (Lipinski definition) is 3. The van der Waals surface area contributed by atoms with Gasteiger partial charge in [-0.3, -0.25) is 0 Å². The minimum absolute atomic E-state index is 0.0922. The van der Waals surface area contributed by atoms with Crippen molar-refractivity contribution in [1.29, 1.82) is 0 Å². The highest BCUT2D eigenvalue weighted by molar-refractivity contribution is 7.91. The highest BCUT2D eigenvalue weighted by Crippen LogP contribution is 2.33. The number of alkyl halides is 1. The summed E-state index contributed by atoms with van der Waals surface area (Å²) in [5.74, 6) is 0.579. The predicted octanol–water partition coefficient (Wildman–Crippen LogP) is 3.57. The average Bonchev–Trinajstić information content (AvgIpc) is 2.95. The second kappa shape index (κ2) is 6.09. The fraction of sp³-hybridized carbons (Fsp3) is 0.636. The maximum absolute atomic E-state index is 12.5. The molecule has 0 saturated carbocycles. The molecule has 3 nitrogen and oxygen atoms in total. The van der Waals surface area contributed by atoms with Gasteiger partial charge in [0.1, 0.15) is 4.21 Å². The summed E-state index contributed by atoms with van der Waals surface area (Å²) in [7, 11) is -3.37. The van der Waals surface area contributed by atoms with Crippen LogP contribution in [0.25, 0.3) is 0 Å². The first-order valence-corrected chi connectivity index (χ1v) is 9.06. The normalized spacial score (nSPS) is 21.6. The van der Waals surface area contributed by atoms with Crippen LogP contribution in [0.1, 0.15) is 25.7 Å². The smallest absolute Gasteiger partial charge is 0.206 e. The van der Waals surface area contributed by atoms with E-state index in [4.69, 9.17) is 23.2 Å². The van der Waals surface area contributed by atoms with E-state index in [0.29, 0.717) is 21.0 Å². The van der Waals surface area contributed by atoms with Gasteiger partial charge in [-0.25, -0.2) is 8.42 Å². The van der Waals surface area contributed by atoms with Gasteiger partial charge in [0.05, 0.1) is 4.34 Å². The van der Waals surface area contributed by atoms with Crippen molar-refractivity contribution < 1.29 is 8.42 Å². The third kappa shape index (κ3) is 3.02. The number of halogens is 2. The summed E-state index contributed by atoms with van der Waals surface area (Å²) in [5, 5.41) is 0. The Bertz CT molecular complexity index is 501. The maximum atomic E-state index is 12.5. The Hall–Kier alpha value is 0.190. The van der Waals surface area contributed by atoms with Gasteiger partial charge in [0, 0.05) is 18.5 Å². The molecule has 1 saturated heterocycles. The highest BCUT2D eigenvalue weighted by atomic mass is 35.5. The molecule has 2 rings (SSSR count). The van der Waals surface area contributed by atoms with Crippen LogP contribution in [0, 0.1) is 0 Å². The van der Waals surface area contributed by atoms with Gasteiger partial charge in [-0.2, -0.15) is 4.31 Å². The van der Waals surface area contributed by atoms with Crippen LogP contribution in [-0.4, -0.2) is 31.2 Å². The third-order valence-corrected chi connectivity index (χ3v) is 7.02. The van der Waals surface area contributed by atoms with E-state index in [1.54, 1.807) is 16.4 Å². The Morgan fingerprint density at radius 2 is 2.22 bits per heavy atom. The van der Waals surface area contributed by atoms with Crippen molar-refractivity contribution in [2.75, 3.05) is 12.4 Å². The molecule has 7 heteroatoms. The summed E-state index contributed by atoms with van der Waals surface area (Å²) in [4.78, 5) is 0. The molecule has 1 aromatic rings. The molecule has 1 unspecified atom stereocenters. The summed E-state index contributed by atoms with van der Waals surface area (Å²) in [6, 6.07) is 3.30. The third-order valence-electron chi connectivity index (χ3n) is 3.11. The molecule has 1 fully saturated rings. The zero-order valence-electron chi connectivity index (χ0n) is 9.81. The molecule has 0 N–H and O–H groups in total. The van der Waals surface area contributed by atoms with E-state index in [1.165, 1.54) is 0 Å². The van der Waals surface area contributed by atoms with E-state index in [2.05, 4.69) is 0 Å². The summed E-state index contributed by atoms with van der Waals surface area (Å²) < 4.78 is 27.4. The lowest BCUT2D eigenvalue weighted by molar-refractivity contribution is 0.369. The number of nitrogens with zero attached hydrogens (tertiary/aromatic N) is 1. The summed E-state index contributed by atoms with van der Waals surface area (Å²) >= 11 is 12.6. The molecule has 1 aromatic heterocycles. The maximum Gasteiger partial charge on any atom is 0.252 e. The molecule has 0 amide bonds. The van der Waals surface area contributed by atoms with Crippen molar-refractivity contribution in [1.82, 2.24) is 4.31 Å². The number of sulfonamides is 1. The Labute approximate surface area is 122 Å². The van der Waals surface area contributed by atoms with E-state index in [1.807, 2.05) is 0 Å². The quantitative estimate of drug-likeness (QED) is 0.775. The van der Waals surface area contributed by atoms with Gasteiger partial charge in [0.2, 0.25) is 0 Å². The first-order valence-electron chi connectivity index (χ1n) is 5.89. The molecule has 1 aliphatic rings. The first-order chi connectivity index (χ1) is 8.55. The van der Waals surface area contributed by atoms with E-state index >= 15 is 0 Å². The van der Waals surface area contributed by atoms with Gasteiger partial charge >= 0.3 is 0 Å². The van der Waals surface area contributed by atoms with Crippen LogP contribution in [0.5, 0.6) is 0 Å². The van der Waals surface area contributed by atoms with E-state index in [-0.39, 0.29) is 6.04 Å². The molecule has 0 bridgehead atoms. The van der Waals surface area contributed by atoms with Gasteiger partial charge in [-0.1, -0.05) is 11.6 Å². The molecule has 0 spiro atoms. The Morgan fingerprint density at radius 1 is 1.44 bits per heavy atom. The van der Waals surface area contributed by atoms with Crippen LogP contribution in [0.2, 0.25) is 4.34 Å². The molecule has 0 aromatic carbocycles. The monoisotopic (exact) mass is 327 g/mol. The molecule has 1 aliphatic heterocycles. The summed E-state index contributed by atoms with van der Waals surface area (Å²) in [5.41, 5.74) is 0. The Kier molecular flexibility index (Phi) is 4.94. The van der Waals surface area contributed by atoms with Crippen molar-refractivity contribution in [3.63, 3.8) is 0 Å². The molecule has 0 radical (unpaired) electrons. The zero-order valence-corrected chi connectivity index (χ0v) is 13.0. The van der Waals surface area contributed by atoms with E-state index in [9.17, 15) is 8.42 Å². The lowest BCUT2D eigenvalue weighted by atomic mass is 10.1. The van der Waals surface area contributed by atoms with Gasteiger partial charge < -0.3 is 0 Å². The van der Waals surface area contributed by atoms with E-state index in [0.717, 1.165) is 37.0 Å². The van der Waals surface area contributed by atoms with Crippen LogP contribution in [0.3, 0.4) is 0 Å². The van der Waals surface area contributed by atoms with Crippen molar-refractivity contribution in [2.45, 2.75) is 35.9 Å². The highest BCUT2D eigenvalue weighted by Gasteiger charge is 2.35. The van der Waals surface area contributed by atoms with Crippen molar-refractivity contribution in [3.8, 4) is 0 Å². The lowest BCUT2D eigenvalue weighted by Gasteiger charge is -2.23. The largest absolute Gasteiger partial charge is 0.252 e. The minimum atomic E-state index is -3.37. The second-order valence-corrected chi connectivity index (χ2v) is 8.51. The SMILES string of the molecule is O=S(=O)(c1ccc(Cl)s1)N1CCCC1CCCCl. The molecule has 102 valence electrons. The van der Waals surface area contributed by atoms with Gasteiger partial charge in [-0.15, -0.1) is 22.9 Å². The molecule has 18 heavy (non-hydrogen) atoms. The summed E-state index contributed by atoms with van der Waals surface area (Å²) in [6.07, 6.45) is 3.53. The van der Waals surface area contributed by atoms with Crippen LogP contribution in [0.15, 0.2) is 16.3 Å². The van der Waals surface area contributed by atoms with Gasteiger partial charge in [0.25, 0.3) is 10.0 Å². The van der Waals surface area contributed by atoms with Crippen molar-refractivity contribution in [3.05, 3.63) is 16.5 Å². The second-order valence-electron chi connectivity index (χ2n) is 4.30. The topological polar surface area (TPSA) is 37.4 Å². The van der Waals surface area contributed by atoms with Gasteiger partial charge in [-0.05, 0) is 37.8 Å². The fourth-order valence-corrected chi connectivity index (χ4v) is 5.77. The number of thiophene rings is 1. The predicted molar refractivity (Wildman–Crippen MR) is 76.2 cm³/mol. The molecule has 0 aliphatic carbocycles. The van der Waals surface area contributed by atoms with Crippen molar-refractivity contribution in [2.24, 2.45) is 0 Å². The zero-order chi connectivity index (χ0) is 13.2. The summed E-state index contributed by atoms with van der Waals surface area (Å²) in [6.45, 7) is 0.602. The van der Waals surface area contributed by atoms with Crippen LogP contribution < -0.4 is 0 Å². The number of rotatable bonds is 5. The van der Waals surface area contributed by atoms with Crippen LogP contribution in [-0.2, 0) is 10.0 Å². The van der Waals surface area contributed by atoms with Crippen LogP contribution >= 0.6 is 34.5 Å². The van der Waals surface area contributed by atoms with E-state index < -0.39 is 10.0 Å². The molecular weight excluding hydrogens is 313 g/mol. The van der Waals surface area contributed by atoms with Crippen LogP contribution in [0.4, 0.5) is 0 Å². The first kappa shape index (κ1) is 14.6. The van der Waals surface area contributed by atoms with Gasteiger partial charge in [0.15, 0.2) is 0 Å². The lowest BCUT2D eigenvalue weighted by Crippen LogP contribution is -2.35. The van der Waals surface area contributed by atoms with Crippen molar-refractivity contribution >= 4 is 44.6 Å². The molecule has 2 heterocycles. The Balaban J connectivity index is 2.18. The Morgan fingerprint density at radius 3 is 2.83 bits per heavy atom. The fourth-order valence-electron chi connectivity index (χ4n) is 2.28. The standard InChI is InChI=1S/C11H15Cl2NO2S2/c12-7-1-3-9-4-2-8-14(9)18(15,16)11-6-5-10(13)17-11/h5-6,9H,1-4,7-8H2.